The molecule has 0 amide bonds. The second kappa shape index (κ2) is 14.2. The lowest BCUT2D eigenvalue weighted by Gasteiger charge is -2.26. The van der Waals surface area contributed by atoms with Gasteiger partial charge in [0.25, 0.3) is 0 Å². The topological polar surface area (TPSA) is 38.0 Å². The number of thiophene rings is 1. The summed E-state index contributed by atoms with van der Waals surface area (Å²) in [4.78, 5) is 4.36. The fourth-order valence-electron chi connectivity index (χ4n) is 10.6. The normalized spacial score (nSPS) is 14.1. The minimum atomic E-state index is -0.537. The molecule has 0 aliphatic heterocycles. The van der Waals surface area contributed by atoms with Crippen LogP contribution in [-0.4, -0.2) is 9.13 Å². The summed E-state index contributed by atoms with van der Waals surface area (Å²) < 4.78 is 108. The van der Waals surface area contributed by atoms with Gasteiger partial charge in [-0.15, -0.1) is 11.3 Å². The van der Waals surface area contributed by atoms with Crippen molar-refractivity contribution in [2.45, 2.75) is 0 Å². The van der Waals surface area contributed by atoms with Crippen molar-refractivity contribution in [2.75, 3.05) is 0 Å². The molecule has 0 aliphatic rings. The highest BCUT2D eigenvalue weighted by molar-refractivity contribution is 7.26. The van der Waals surface area contributed by atoms with Crippen molar-refractivity contribution in [3.05, 3.63) is 223 Å². The molecule has 0 atom stereocenters. The van der Waals surface area contributed by atoms with Crippen LogP contribution < -0.4 is 0 Å². The Balaban J connectivity index is 1.32. The molecule has 0 saturated carbocycles. The number of aromatic nitrogens is 2. The summed E-state index contributed by atoms with van der Waals surface area (Å²) in [7, 11) is 0. The molecule has 308 valence electrons. The molecule has 5 heteroatoms. The number of nitriles is 1. The molecular weight excluding hydrogens is 833 g/mol. The van der Waals surface area contributed by atoms with Crippen molar-refractivity contribution in [3.8, 4) is 50.8 Å². The van der Waals surface area contributed by atoms with Crippen LogP contribution in [0.1, 0.15) is 20.6 Å². The van der Waals surface area contributed by atoms with E-state index in [0.717, 1.165) is 20.2 Å². The van der Waals surface area contributed by atoms with Crippen molar-refractivity contribution >= 4 is 102 Å². The van der Waals surface area contributed by atoms with E-state index in [4.69, 9.17) is 4.11 Å². The Kier molecular flexibility index (Phi) is 5.96. The molecule has 3 heterocycles. The molecule has 14 aromatic rings. The Morgan fingerprint density at radius 3 is 1.75 bits per heavy atom. The predicted octanol–water partition coefficient (Wildman–Crippen LogP) is 17.4. The molecule has 0 radical (unpaired) electrons. The van der Waals surface area contributed by atoms with Crippen LogP contribution in [0.5, 0.6) is 0 Å². The standard InChI is InChI=1S/C62H34N4S/c1-64-58-53(38-20-7-3-8-21-38)48(36-63)59(66-49-30-15-27-40(37-18-5-2-6-19-37)55(49)47-35-34-46-43-26-13-14-33-52(43)67-62(46)60(47)66)54(39-22-9-4-10-23-39)61(58)65-50-31-16-28-44-41-24-11-12-25-42(41)45-29-17-32-51(65)57(45)56(44)50/h2-35H/i2D,5D,6D,16D,17D,18D,19D,28D,29D,31D,32D. The maximum atomic E-state index is 12.2. The van der Waals surface area contributed by atoms with Gasteiger partial charge in [0.15, 0.2) is 0 Å². The molecule has 67 heavy (non-hydrogen) atoms. The molecule has 0 spiro atoms. The summed E-state index contributed by atoms with van der Waals surface area (Å²) in [6.45, 7) is 9.37. The third kappa shape index (κ3) is 5.09. The van der Waals surface area contributed by atoms with Gasteiger partial charge in [-0.05, 0) is 68.0 Å². The lowest BCUT2D eigenvalue weighted by atomic mass is 9.88. The average Bonchev–Trinajstić information content (AvgIpc) is 4.30. The Morgan fingerprint density at radius 2 is 1.09 bits per heavy atom. The molecule has 0 unspecified atom stereocenters. The molecule has 3 aromatic heterocycles. The zero-order valence-corrected chi connectivity index (χ0v) is 35.8. The summed E-state index contributed by atoms with van der Waals surface area (Å²) in [5.74, 6) is 0. The summed E-state index contributed by atoms with van der Waals surface area (Å²) in [6.07, 6.45) is 0. The highest BCUT2D eigenvalue weighted by Gasteiger charge is 2.33. The van der Waals surface area contributed by atoms with Gasteiger partial charge in [0, 0.05) is 48.1 Å². The zero-order chi connectivity index (χ0) is 53.9. The van der Waals surface area contributed by atoms with Crippen LogP contribution in [0.15, 0.2) is 206 Å². The fraction of sp³-hybridized carbons (Fsp3) is 0. The minimum Gasteiger partial charge on any atom is -0.318 e. The van der Waals surface area contributed by atoms with Crippen LogP contribution >= 0.6 is 11.3 Å². The molecular formula is C62H34N4S. The van der Waals surface area contributed by atoms with Crippen LogP contribution in [0.4, 0.5) is 5.69 Å². The first-order chi connectivity index (χ1) is 37.8. The lowest BCUT2D eigenvalue weighted by molar-refractivity contribution is 1.14. The quantitative estimate of drug-likeness (QED) is 0.125. The van der Waals surface area contributed by atoms with Crippen LogP contribution in [0, 0.1) is 17.9 Å². The van der Waals surface area contributed by atoms with Crippen molar-refractivity contribution in [1.82, 2.24) is 9.13 Å². The van der Waals surface area contributed by atoms with Gasteiger partial charge < -0.3 is 9.13 Å². The number of benzene rings is 11. The number of fused-ring (bicyclic) bond motifs is 10. The third-order valence-corrected chi connectivity index (χ3v) is 14.4. The Morgan fingerprint density at radius 1 is 0.478 bits per heavy atom. The molecule has 0 aliphatic carbocycles. The van der Waals surface area contributed by atoms with Gasteiger partial charge in [0.05, 0.1) is 65.4 Å². The summed E-state index contributed by atoms with van der Waals surface area (Å²) in [6, 6.07) is 40.9. The predicted molar refractivity (Wildman–Crippen MR) is 281 cm³/mol. The third-order valence-electron chi connectivity index (χ3n) is 13.2. The van der Waals surface area contributed by atoms with E-state index in [9.17, 15) is 22.8 Å². The van der Waals surface area contributed by atoms with E-state index < -0.39 is 42.3 Å². The highest BCUT2D eigenvalue weighted by Crippen LogP contribution is 2.55. The fourth-order valence-corrected chi connectivity index (χ4v) is 11.8. The highest BCUT2D eigenvalue weighted by atomic mass is 32.1. The zero-order valence-electron chi connectivity index (χ0n) is 46.0. The SMILES string of the molecule is [2H]c1c([2H])c([2H])c(-c2cccc3c2c2ccc4c5ccccc5sc4c2n3-c2c(C#N)c(-c3ccccc3)c([N+]#[C-])c(-n3c4c([2H])c([2H])c([2H])c5c6ccccc6c6c([2H])c([2H])c([2H])c3c6c54)c2-c2ccccc2)c([2H])c1[2H]. The maximum absolute atomic E-state index is 12.2. The molecule has 0 fully saturated rings. The second-order valence-corrected chi connectivity index (χ2v) is 17.5. The van der Waals surface area contributed by atoms with Gasteiger partial charge >= 0.3 is 0 Å². The monoisotopic (exact) mass is 877 g/mol. The van der Waals surface area contributed by atoms with Crippen LogP contribution in [-0.2, 0) is 0 Å². The Labute approximate surface area is 404 Å². The first-order valence-electron chi connectivity index (χ1n) is 27.1. The maximum Gasteiger partial charge on any atom is 0.220 e. The van der Waals surface area contributed by atoms with E-state index in [1.807, 2.05) is 83.4 Å². The first-order valence-corrected chi connectivity index (χ1v) is 22.4. The van der Waals surface area contributed by atoms with E-state index in [2.05, 4.69) is 10.9 Å². The minimum absolute atomic E-state index is 0.0193. The van der Waals surface area contributed by atoms with E-state index in [1.165, 1.54) is 11.3 Å². The molecule has 0 saturated heterocycles. The molecule has 11 aromatic carbocycles. The molecule has 4 nitrogen and oxygen atoms in total. The van der Waals surface area contributed by atoms with Crippen LogP contribution in [0.2, 0.25) is 0 Å². The Bertz CT molecular complexity index is 4990. The summed E-state index contributed by atoms with van der Waals surface area (Å²) >= 11 is 1.53. The van der Waals surface area contributed by atoms with Crippen LogP contribution in [0.3, 0.4) is 0 Å². The van der Waals surface area contributed by atoms with Gasteiger partial charge in [0.2, 0.25) is 5.69 Å². The molecule has 0 bridgehead atoms. The number of hydrogen-bond donors (Lipinski definition) is 0. The average molecular weight is 878 g/mol. The number of nitrogens with zero attached hydrogens (tertiary/aromatic N) is 4. The van der Waals surface area contributed by atoms with E-state index in [1.54, 1.807) is 65.2 Å². The molecule has 14 rings (SSSR count). The lowest BCUT2D eigenvalue weighted by Crippen LogP contribution is -2.08. The molecule has 0 N–H and O–H groups in total. The van der Waals surface area contributed by atoms with Gasteiger partial charge in [-0.2, -0.15) is 5.26 Å². The van der Waals surface area contributed by atoms with Gasteiger partial charge in [-0.1, -0.05) is 182 Å². The number of hydrogen-bond acceptors (Lipinski definition) is 2. The van der Waals surface area contributed by atoms with Crippen molar-refractivity contribution in [2.24, 2.45) is 0 Å². The summed E-state index contributed by atoms with van der Waals surface area (Å²) in [5, 5.41) is 17.5. The second-order valence-electron chi connectivity index (χ2n) is 16.4. The van der Waals surface area contributed by atoms with Gasteiger partial charge in [0.1, 0.15) is 6.07 Å². The van der Waals surface area contributed by atoms with E-state index >= 15 is 0 Å². The summed E-state index contributed by atoms with van der Waals surface area (Å²) in [5.41, 5.74) is 3.45. The Hall–Kier alpha value is -9.00. The van der Waals surface area contributed by atoms with Crippen molar-refractivity contribution in [3.63, 3.8) is 0 Å². The number of rotatable bonds is 5. The van der Waals surface area contributed by atoms with E-state index in [-0.39, 0.29) is 69.0 Å². The van der Waals surface area contributed by atoms with Crippen LogP contribution in [0.25, 0.3) is 135 Å². The largest absolute Gasteiger partial charge is 0.318 e. The van der Waals surface area contributed by atoms with Gasteiger partial charge in [-0.25, -0.2) is 4.85 Å². The van der Waals surface area contributed by atoms with Crippen molar-refractivity contribution < 1.29 is 15.1 Å². The first kappa shape index (κ1) is 28.0. The smallest absolute Gasteiger partial charge is 0.220 e. The van der Waals surface area contributed by atoms with E-state index in [0.29, 0.717) is 76.4 Å². The van der Waals surface area contributed by atoms with Gasteiger partial charge in [-0.3, -0.25) is 0 Å². The van der Waals surface area contributed by atoms with Crippen molar-refractivity contribution in [1.29, 1.82) is 5.26 Å².